The van der Waals surface area contributed by atoms with Crippen LogP contribution in [0.4, 0.5) is 5.69 Å². The van der Waals surface area contributed by atoms with E-state index in [0.717, 1.165) is 18.5 Å². The molecule has 0 amide bonds. The van der Waals surface area contributed by atoms with Crippen molar-refractivity contribution in [3.05, 3.63) is 28.8 Å². The molecule has 0 saturated heterocycles. The zero-order valence-electron chi connectivity index (χ0n) is 11.3. The number of anilines is 1. The van der Waals surface area contributed by atoms with Gasteiger partial charge in [-0.05, 0) is 31.0 Å². The van der Waals surface area contributed by atoms with Crippen LogP contribution in [-0.4, -0.2) is 17.8 Å². The van der Waals surface area contributed by atoms with Crippen LogP contribution in [0.2, 0.25) is 5.02 Å². The third kappa shape index (κ3) is 3.50. The van der Waals surface area contributed by atoms with Crippen LogP contribution in [0.5, 0.6) is 0 Å². The van der Waals surface area contributed by atoms with E-state index >= 15 is 0 Å². The topological polar surface area (TPSA) is 85.7 Å². The minimum atomic E-state index is -0.930. The van der Waals surface area contributed by atoms with Crippen LogP contribution < -0.4 is 11.1 Å². The third-order valence-electron chi connectivity index (χ3n) is 3.69. The molecule has 106 valence electrons. The van der Waals surface area contributed by atoms with Gasteiger partial charge in [-0.2, -0.15) is 5.26 Å². The molecule has 1 aliphatic rings. The first-order chi connectivity index (χ1) is 9.61. The van der Waals surface area contributed by atoms with Gasteiger partial charge in [0.15, 0.2) is 0 Å². The summed E-state index contributed by atoms with van der Waals surface area (Å²) in [5.74, 6) is 0. The molecule has 1 aliphatic carbocycles. The molecule has 0 radical (unpaired) electrons. The highest BCUT2D eigenvalue weighted by Gasteiger charge is 2.18. The molecule has 0 spiro atoms. The summed E-state index contributed by atoms with van der Waals surface area (Å²) in [5, 5.41) is 20.9. The summed E-state index contributed by atoms with van der Waals surface area (Å²) in [6, 6.07) is 6.75. The molecular formula is C15H19ClN4. The van der Waals surface area contributed by atoms with Crippen molar-refractivity contribution in [1.82, 2.24) is 0 Å². The molecule has 1 unspecified atom stereocenters. The lowest BCUT2D eigenvalue weighted by Crippen LogP contribution is -2.30. The molecule has 2 rings (SSSR count). The van der Waals surface area contributed by atoms with Gasteiger partial charge in [-0.3, -0.25) is 0 Å². The highest BCUT2D eigenvalue weighted by molar-refractivity contribution is 6.31. The van der Waals surface area contributed by atoms with Crippen LogP contribution in [0.25, 0.3) is 0 Å². The molecule has 0 aliphatic heterocycles. The van der Waals surface area contributed by atoms with Gasteiger partial charge in [0.05, 0.1) is 11.8 Å². The van der Waals surface area contributed by atoms with Crippen LogP contribution in [0.15, 0.2) is 18.2 Å². The molecule has 1 atom stereocenters. The maximum atomic E-state index is 8.88. The second kappa shape index (κ2) is 6.74. The molecule has 20 heavy (non-hydrogen) atoms. The number of hydrogen-bond acceptors (Lipinski definition) is 4. The van der Waals surface area contributed by atoms with Gasteiger partial charge in [-0.25, -0.2) is 0 Å². The number of hydrogen-bond donors (Lipinski definition) is 3. The number of nitrogens with two attached hydrogens (primary N) is 1. The average Bonchev–Trinajstić information content (AvgIpc) is 2.48. The molecule has 4 N–H and O–H groups in total. The Hall–Kier alpha value is -1.57. The first kappa shape index (κ1) is 14.8. The Balaban J connectivity index is 2.23. The standard InChI is InChI=1S/C15H19ClN4/c16-10-6-7-14(20-11-4-2-1-3-5-11)12(8-10)15(19)13(18)9-17/h6-8,11,13,19-20H,1-5,18H2. The van der Waals surface area contributed by atoms with Crippen molar-refractivity contribution in [3.63, 3.8) is 0 Å². The number of benzene rings is 1. The van der Waals surface area contributed by atoms with E-state index in [1.165, 1.54) is 19.3 Å². The first-order valence-electron chi connectivity index (χ1n) is 6.92. The Bertz CT molecular complexity index is 529. The molecule has 1 fully saturated rings. The SMILES string of the molecule is N#CC(N)C(=N)c1cc(Cl)ccc1NC1CCCCC1. The summed E-state index contributed by atoms with van der Waals surface area (Å²) < 4.78 is 0. The van der Waals surface area contributed by atoms with E-state index in [0.29, 0.717) is 16.6 Å². The zero-order chi connectivity index (χ0) is 14.5. The fraction of sp³-hybridized carbons (Fsp3) is 0.467. The number of nitrogens with zero attached hydrogens (tertiary/aromatic N) is 1. The van der Waals surface area contributed by atoms with Gasteiger partial charge in [-0.1, -0.05) is 30.9 Å². The third-order valence-corrected chi connectivity index (χ3v) is 3.92. The smallest absolute Gasteiger partial charge is 0.135 e. The summed E-state index contributed by atoms with van der Waals surface area (Å²) in [6.07, 6.45) is 6.03. The predicted octanol–water partition coefficient (Wildman–Crippen LogP) is 3.30. The largest absolute Gasteiger partial charge is 0.382 e. The Kier molecular flexibility index (Phi) is 4.99. The minimum Gasteiger partial charge on any atom is -0.382 e. The number of rotatable bonds is 4. The molecule has 0 heterocycles. The Morgan fingerprint density at radius 1 is 1.40 bits per heavy atom. The highest BCUT2D eigenvalue weighted by Crippen LogP contribution is 2.26. The lowest BCUT2D eigenvalue weighted by molar-refractivity contribution is 0.462. The monoisotopic (exact) mass is 290 g/mol. The van der Waals surface area contributed by atoms with Crippen molar-refractivity contribution in [2.75, 3.05) is 5.32 Å². The molecule has 0 aromatic heterocycles. The van der Waals surface area contributed by atoms with E-state index in [1.807, 2.05) is 12.1 Å². The molecule has 1 saturated carbocycles. The summed E-state index contributed by atoms with van der Waals surface area (Å²) in [5.41, 5.74) is 7.22. The van der Waals surface area contributed by atoms with Crippen LogP contribution in [0, 0.1) is 16.7 Å². The maximum Gasteiger partial charge on any atom is 0.135 e. The normalized spacial score (nSPS) is 17.2. The fourth-order valence-corrected chi connectivity index (χ4v) is 2.74. The van der Waals surface area contributed by atoms with Gasteiger partial charge in [-0.15, -0.1) is 0 Å². The lowest BCUT2D eigenvalue weighted by atomic mass is 9.94. The first-order valence-corrected chi connectivity index (χ1v) is 7.29. The second-order valence-electron chi connectivity index (χ2n) is 5.19. The molecule has 4 nitrogen and oxygen atoms in total. The molecule has 1 aromatic carbocycles. The van der Waals surface area contributed by atoms with Crippen LogP contribution >= 0.6 is 11.6 Å². The Morgan fingerprint density at radius 2 is 2.10 bits per heavy atom. The van der Waals surface area contributed by atoms with E-state index in [4.69, 9.17) is 28.0 Å². The Morgan fingerprint density at radius 3 is 2.75 bits per heavy atom. The van der Waals surface area contributed by atoms with Gasteiger partial charge in [0.1, 0.15) is 6.04 Å². The highest BCUT2D eigenvalue weighted by atomic mass is 35.5. The van der Waals surface area contributed by atoms with Gasteiger partial charge < -0.3 is 16.5 Å². The van der Waals surface area contributed by atoms with E-state index < -0.39 is 6.04 Å². The average molecular weight is 291 g/mol. The summed E-state index contributed by atoms with van der Waals surface area (Å²) >= 11 is 6.00. The number of nitrogens with one attached hydrogen (secondary N) is 2. The second-order valence-corrected chi connectivity index (χ2v) is 5.63. The quantitative estimate of drug-likeness (QED) is 0.744. The fourth-order valence-electron chi connectivity index (χ4n) is 2.56. The van der Waals surface area contributed by atoms with Crippen molar-refractivity contribution in [1.29, 1.82) is 10.7 Å². The molecule has 1 aromatic rings. The Labute approximate surface area is 124 Å². The molecule has 5 heteroatoms. The van der Waals surface area contributed by atoms with Crippen molar-refractivity contribution in [2.45, 2.75) is 44.2 Å². The molecular weight excluding hydrogens is 272 g/mol. The van der Waals surface area contributed by atoms with E-state index in [9.17, 15) is 0 Å². The van der Waals surface area contributed by atoms with Gasteiger partial charge in [0, 0.05) is 22.3 Å². The van der Waals surface area contributed by atoms with Crippen LogP contribution in [0.1, 0.15) is 37.7 Å². The minimum absolute atomic E-state index is 0.105. The number of nitriles is 1. The number of halogens is 1. The summed E-state index contributed by atoms with van der Waals surface area (Å²) in [6.45, 7) is 0. The predicted molar refractivity (Wildman–Crippen MR) is 82.4 cm³/mol. The van der Waals surface area contributed by atoms with Gasteiger partial charge in [0.25, 0.3) is 0 Å². The maximum absolute atomic E-state index is 8.88. The van der Waals surface area contributed by atoms with Crippen LogP contribution in [0.3, 0.4) is 0 Å². The van der Waals surface area contributed by atoms with Crippen molar-refractivity contribution in [2.24, 2.45) is 5.73 Å². The van der Waals surface area contributed by atoms with Gasteiger partial charge in [0.2, 0.25) is 0 Å². The van der Waals surface area contributed by atoms with E-state index in [-0.39, 0.29) is 5.71 Å². The van der Waals surface area contributed by atoms with Crippen LogP contribution in [-0.2, 0) is 0 Å². The molecule has 0 bridgehead atoms. The van der Waals surface area contributed by atoms with Crippen molar-refractivity contribution < 1.29 is 0 Å². The van der Waals surface area contributed by atoms with Gasteiger partial charge >= 0.3 is 0 Å². The zero-order valence-corrected chi connectivity index (χ0v) is 12.1. The summed E-state index contributed by atoms with van der Waals surface area (Å²) in [7, 11) is 0. The lowest BCUT2D eigenvalue weighted by Gasteiger charge is -2.25. The van der Waals surface area contributed by atoms with E-state index in [1.54, 1.807) is 12.1 Å². The van der Waals surface area contributed by atoms with E-state index in [2.05, 4.69) is 5.32 Å². The van der Waals surface area contributed by atoms with Crippen molar-refractivity contribution in [3.8, 4) is 6.07 Å². The van der Waals surface area contributed by atoms with Crippen molar-refractivity contribution >= 4 is 23.0 Å². The summed E-state index contributed by atoms with van der Waals surface area (Å²) in [4.78, 5) is 0.